The molecule has 1 aromatic carbocycles. The van der Waals surface area contributed by atoms with Crippen molar-refractivity contribution in [3.63, 3.8) is 0 Å². The lowest BCUT2D eigenvalue weighted by Crippen LogP contribution is -2.39. The van der Waals surface area contributed by atoms with Gasteiger partial charge in [-0.3, -0.25) is 0 Å². The third-order valence-electron chi connectivity index (χ3n) is 5.49. The molecule has 1 aromatic heterocycles. The number of urea groups is 1. The van der Waals surface area contributed by atoms with E-state index in [-0.39, 0.29) is 12.1 Å². The van der Waals surface area contributed by atoms with Gasteiger partial charge >= 0.3 is 6.03 Å². The second-order valence-electron chi connectivity index (χ2n) is 7.62. The van der Waals surface area contributed by atoms with Crippen LogP contribution in [0.15, 0.2) is 35.7 Å². The van der Waals surface area contributed by atoms with Crippen LogP contribution in [-0.4, -0.2) is 54.8 Å². The zero-order valence-corrected chi connectivity index (χ0v) is 18.6. The van der Waals surface area contributed by atoms with Crippen LogP contribution in [0.5, 0.6) is 0 Å². The van der Waals surface area contributed by atoms with Crippen LogP contribution in [0.2, 0.25) is 0 Å². The number of benzene rings is 1. The standard InChI is InChI=1S/C22H29N3O2S2/c1-17-14-18(24-8-12-28-13-9-24)6-7-21(17)23-22(26)25(15-19-4-2-10-27-19)16-20-5-3-11-29-20/h3,5-7,11,14,19H,2,4,8-10,12-13,15-16H2,1H3,(H,23,26). The minimum absolute atomic E-state index is 0.0564. The molecule has 0 radical (unpaired) electrons. The highest BCUT2D eigenvalue weighted by atomic mass is 32.2. The van der Waals surface area contributed by atoms with Crippen molar-refractivity contribution in [2.24, 2.45) is 0 Å². The Morgan fingerprint density at radius 1 is 1.31 bits per heavy atom. The monoisotopic (exact) mass is 431 g/mol. The smallest absolute Gasteiger partial charge is 0.322 e. The molecule has 7 heteroatoms. The number of rotatable bonds is 6. The summed E-state index contributed by atoms with van der Waals surface area (Å²) < 4.78 is 5.78. The molecule has 1 N–H and O–H groups in total. The van der Waals surface area contributed by atoms with Crippen molar-refractivity contribution in [3.8, 4) is 0 Å². The van der Waals surface area contributed by atoms with Crippen molar-refractivity contribution < 1.29 is 9.53 Å². The topological polar surface area (TPSA) is 44.8 Å². The van der Waals surface area contributed by atoms with Gasteiger partial charge in [-0.25, -0.2) is 4.79 Å². The van der Waals surface area contributed by atoms with E-state index in [1.54, 1.807) is 11.3 Å². The number of nitrogens with zero attached hydrogens (tertiary/aromatic N) is 2. The van der Waals surface area contributed by atoms with Crippen LogP contribution in [0.1, 0.15) is 23.3 Å². The summed E-state index contributed by atoms with van der Waals surface area (Å²) in [5.74, 6) is 2.36. The van der Waals surface area contributed by atoms with Gasteiger partial charge in [-0.15, -0.1) is 11.3 Å². The van der Waals surface area contributed by atoms with Crippen molar-refractivity contribution in [2.75, 3.05) is 48.0 Å². The molecule has 3 heterocycles. The second-order valence-corrected chi connectivity index (χ2v) is 9.88. The zero-order chi connectivity index (χ0) is 20.1. The minimum Gasteiger partial charge on any atom is -0.376 e. The van der Waals surface area contributed by atoms with E-state index in [0.29, 0.717) is 13.1 Å². The molecule has 0 saturated carbocycles. The van der Waals surface area contributed by atoms with E-state index in [1.165, 1.54) is 22.1 Å². The quantitative estimate of drug-likeness (QED) is 0.712. The lowest BCUT2D eigenvalue weighted by molar-refractivity contribution is 0.0821. The maximum atomic E-state index is 13.1. The number of thiophene rings is 1. The van der Waals surface area contributed by atoms with Crippen LogP contribution in [0.25, 0.3) is 0 Å². The van der Waals surface area contributed by atoms with Crippen molar-refractivity contribution in [1.29, 1.82) is 0 Å². The first kappa shape index (κ1) is 20.6. The molecule has 2 fully saturated rings. The summed E-state index contributed by atoms with van der Waals surface area (Å²) in [6.07, 6.45) is 2.24. The zero-order valence-electron chi connectivity index (χ0n) is 16.9. The molecule has 1 unspecified atom stereocenters. The molecule has 29 heavy (non-hydrogen) atoms. The van der Waals surface area contributed by atoms with Crippen LogP contribution in [0.3, 0.4) is 0 Å². The second kappa shape index (κ2) is 9.87. The number of ether oxygens (including phenoxy) is 1. The van der Waals surface area contributed by atoms with Crippen LogP contribution in [-0.2, 0) is 11.3 Å². The number of carbonyl (C=O) groups is 1. The Bertz CT molecular complexity index is 800. The molecular formula is C22H29N3O2S2. The Morgan fingerprint density at radius 3 is 2.86 bits per heavy atom. The predicted molar refractivity (Wildman–Crippen MR) is 123 cm³/mol. The van der Waals surface area contributed by atoms with Gasteiger partial charge in [-0.05, 0) is 55.0 Å². The van der Waals surface area contributed by atoms with Gasteiger partial charge in [0.05, 0.1) is 12.6 Å². The van der Waals surface area contributed by atoms with Gasteiger partial charge in [0.2, 0.25) is 0 Å². The summed E-state index contributed by atoms with van der Waals surface area (Å²) in [5.41, 5.74) is 3.23. The number of thioether (sulfide) groups is 1. The molecule has 2 amide bonds. The third-order valence-corrected chi connectivity index (χ3v) is 7.29. The number of anilines is 2. The number of hydrogen-bond donors (Lipinski definition) is 1. The number of hydrogen-bond acceptors (Lipinski definition) is 5. The van der Waals surface area contributed by atoms with E-state index >= 15 is 0 Å². The average Bonchev–Trinajstić information content (AvgIpc) is 3.44. The summed E-state index contributed by atoms with van der Waals surface area (Å²) >= 11 is 3.70. The van der Waals surface area contributed by atoms with E-state index < -0.39 is 0 Å². The Kier molecular flexibility index (Phi) is 7.00. The highest BCUT2D eigenvalue weighted by Crippen LogP contribution is 2.26. The fourth-order valence-electron chi connectivity index (χ4n) is 3.84. The Balaban J connectivity index is 1.44. The van der Waals surface area contributed by atoms with Crippen LogP contribution >= 0.6 is 23.1 Å². The summed E-state index contributed by atoms with van der Waals surface area (Å²) in [6.45, 7) is 6.30. The van der Waals surface area contributed by atoms with Crippen LogP contribution in [0, 0.1) is 6.92 Å². The van der Waals surface area contributed by atoms with E-state index in [2.05, 4.69) is 40.7 Å². The summed E-state index contributed by atoms with van der Waals surface area (Å²) in [4.78, 5) is 18.6. The maximum Gasteiger partial charge on any atom is 0.322 e. The Hall–Kier alpha value is -1.70. The van der Waals surface area contributed by atoms with Crippen molar-refractivity contribution in [3.05, 3.63) is 46.2 Å². The molecule has 0 aliphatic carbocycles. The third kappa shape index (κ3) is 5.47. The molecule has 5 nitrogen and oxygen atoms in total. The molecule has 1 atom stereocenters. The molecule has 0 spiro atoms. The highest BCUT2D eigenvalue weighted by molar-refractivity contribution is 7.99. The predicted octanol–water partition coefficient (Wildman–Crippen LogP) is 4.82. The molecule has 2 aliphatic rings. The van der Waals surface area contributed by atoms with E-state index in [0.717, 1.165) is 43.8 Å². The Morgan fingerprint density at radius 2 is 2.17 bits per heavy atom. The van der Waals surface area contributed by atoms with Crippen LogP contribution < -0.4 is 10.2 Å². The van der Waals surface area contributed by atoms with Gasteiger partial charge in [-0.2, -0.15) is 11.8 Å². The molecule has 156 valence electrons. The molecule has 4 rings (SSSR count). The van der Waals surface area contributed by atoms with E-state index in [1.807, 2.05) is 28.8 Å². The molecule has 2 aliphatic heterocycles. The van der Waals surface area contributed by atoms with Gasteiger partial charge in [0.25, 0.3) is 0 Å². The molecule has 2 aromatic rings. The van der Waals surface area contributed by atoms with Crippen molar-refractivity contribution >= 4 is 40.5 Å². The summed E-state index contributed by atoms with van der Waals surface area (Å²) in [6, 6.07) is 10.4. The fraction of sp³-hybridized carbons (Fsp3) is 0.500. The van der Waals surface area contributed by atoms with Gasteiger partial charge in [0.15, 0.2) is 0 Å². The Labute approximate surface area is 181 Å². The van der Waals surface area contributed by atoms with Gasteiger partial charge in [0, 0.05) is 54.0 Å². The number of aryl methyl sites for hydroxylation is 1. The normalized spacial score (nSPS) is 19.3. The molecule has 2 saturated heterocycles. The highest BCUT2D eigenvalue weighted by Gasteiger charge is 2.23. The first-order chi connectivity index (χ1) is 14.2. The average molecular weight is 432 g/mol. The molecule has 0 bridgehead atoms. The lowest BCUT2D eigenvalue weighted by Gasteiger charge is -2.29. The number of amides is 2. The number of carbonyl (C=O) groups excluding carboxylic acids is 1. The molecular weight excluding hydrogens is 402 g/mol. The van der Waals surface area contributed by atoms with Gasteiger partial charge < -0.3 is 19.9 Å². The minimum atomic E-state index is -0.0564. The largest absolute Gasteiger partial charge is 0.376 e. The fourth-order valence-corrected chi connectivity index (χ4v) is 5.47. The first-order valence-corrected chi connectivity index (χ1v) is 12.4. The maximum absolute atomic E-state index is 13.1. The van der Waals surface area contributed by atoms with Gasteiger partial charge in [-0.1, -0.05) is 6.07 Å². The summed E-state index contributed by atoms with van der Waals surface area (Å²) in [7, 11) is 0. The van der Waals surface area contributed by atoms with Crippen molar-refractivity contribution in [1.82, 2.24) is 4.90 Å². The lowest BCUT2D eigenvalue weighted by atomic mass is 10.1. The SMILES string of the molecule is Cc1cc(N2CCSCC2)ccc1NC(=O)N(Cc1cccs1)CC1CCCO1. The van der Waals surface area contributed by atoms with Gasteiger partial charge in [0.1, 0.15) is 0 Å². The van der Waals surface area contributed by atoms with E-state index in [4.69, 9.17) is 4.74 Å². The number of nitrogens with one attached hydrogen (secondary N) is 1. The summed E-state index contributed by atoms with van der Waals surface area (Å²) in [5, 5.41) is 5.20. The van der Waals surface area contributed by atoms with Crippen molar-refractivity contribution in [2.45, 2.75) is 32.4 Å². The van der Waals surface area contributed by atoms with Crippen LogP contribution in [0.4, 0.5) is 16.2 Å². The first-order valence-electron chi connectivity index (χ1n) is 10.3. The van der Waals surface area contributed by atoms with E-state index in [9.17, 15) is 4.79 Å².